The summed E-state index contributed by atoms with van der Waals surface area (Å²) in [7, 11) is 0. The summed E-state index contributed by atoms with van der Waals surface area (Å²) >= 11 is 7.83. The summed E-state index contributed by atoms with van der Waals surface area (Å²) in [6.07, 6.45) is 0. The molecule has 1 aromatic heterocycles. The number of hydrogen-bond donors (Lipinski definition) is 0. The van der Waals surface area contributed by atoms with Gasteiger partial charge in [0.25, 0.3) is 0 Å². The summed E-state index contributed by atoms with van der Waals surface area (Å²) in [5.41, 5.74) is 6.42. The maximum atomic E-state index is 3.94. The minimum Gasteiger partial charge on any atom is -0.308 e. The molecule has 0 atom stereocenters. The highest BCUT2D eigenvalue weighted by atomic mass is 79.9. The Bertz CT molecular complexity index is 1220. The molecule has 0 saturated carbocycles. The lowest BCUT2D eigenvalue weighted by Gasteiger charge is -2.22. The predicted molar refractivity (Wildman–Crippen MR) is 134 cm³/mol. The van der Waals surface area contributed by atoms with Gasteiger partial charge in [0.05, 0.1) is 15.5 Å². The van der Waals surface area contributed by atoms with Crippen LogP contribution in [0, 0.1) is 0 Å². The molecule has 150 valence electrons. The van der Waals surface area contributed by atoms with Gasteiger partial charge in [-0.3, -0.25) is 0 Å². The summed E-state index contributed by atoms with van der Waals surface area (Å²) < 4.78 is 4.61. The first-order chi connectivity index (χ1) is 13.5. The van der Waals surface area contributed by atoms with Crippen LogP contribution in [0.2, 0.25) is 0 Å². The molecule has 0 aliphatic heterocycles. The first-order valence-electron chi connectivity index (χ1n) is 10.0. The van der Waals surface area contributed by atoms with Crippen LogP contribution >= 0.6 is 31.9 Å². The minimum atomic E-state index is 0.0400. The Morgan fingerprint density at radius 1 is 0.690 bits per heavy atom. The predicted octanol–water partition coefficient (Wildman–Crippen LogP) is 8.90. The highest BCUT2D eigenvalue weighted by Crippen LogP contribution is 2.45. The van der Waals surface area contributed by atoms with Gasteiger partial charge in [0.15, 0.2) is 0 Å². The maximum Gasteiger partial charge on any atom is 0.0694 e. The Kier molecular flexibility index (Phi) is 4.99. The van der Waals surface area contributed by atoms with Gasteiger partial charge in [-0.1, -0.05) is 65.8 Å². The molecule has 3 aromatic carbocycles. The SMILES string of the molecule is CC(C)(C)c1ccc2c(c1)c1cc(C(C)(C)C)c(Br)c(Br)c1n2-c1ccccc1. The van der Waals surface area contributed by atoms with E-state index in [1.54, 1.807) is 0 Å². The van der Waals surface area contributed by atoms with E-state index in [4.69, 9.17) is 0 Å². The second-order valence-corrected chi connectivity index (χ2v) is 11.4. The number of rotatable bonds is 1. The van der Waals surface area contributed by atoms with E-state index >= 15 is 0 Å². The van der Waals surface area contributed by atoms with Gasteiger partial charge >= 0.3 is 0 Å². The maximum absolute atomic E-state index is 3.94. The van der Waals surface area contributed by atoms with Crippen LogP contribution < -0.4 is 0 Å². The van der Waals surface area contributed by atoms with Crippen LogP contribution in [0.4, 0.5) is 0 Å². The van der Waals surface area contributed by atoms with Crippen molar-refractivity contribution in [3.63, 3.8) is 0 Å². The van der Waals surface area contributed by atoms with Crippen molar-refractivity contribution in [3.05, 3.63) is 74.7 Å². The minimum absolute atomic E-state index is 0.0400. The summed E-state index contributed by atoms with van der Waals surface area (Å²) in [5.74, 6) is 0. The molecule has 4 rings (SSSR count). The number of benzene rings is 3. The molecule has 29 heavy (non-hydrogen) atoms. The molecule has 1 heterocycles. The zero-order valence-electron chi connectivity index (χ0n) is 17.9. The van der Waals surface area contributed by atoms with Crippen LogP contribution in [0.1, 0.15) is 52.7 Å². The van der Waals surface area contributed by atoms with Gasteiger partial charge < -0.3 is 4.57 Å². The number of hydrogen-bond acceptors (Lipinski definition) is 0. The molecule has 0 aliphatic carbocycles. The van der Waals surface area contributed by atoms with E-state index < -0.39 is 0 Å². The Labute approximate surface area is 190 Å². The fourth-order valence-corrected chi connectivity index (χ4v) is 5.47. The molecule has 1 nitrogen and oxygen atoms in total. The molecule has 0 aliphatic rings. The van der Waals surface area contributed by atoms with Gasteiger partial charge in [-0.2, -0.15) is 0 Å². The number of aromatic nitrogens is 1. The molecule has 0 N–H and O–H groups in total. The van der Waals surface area contributed by atoms with Gasteiger partial charge in [-0.25, -0.2) is 0 Å². The number of halogens is 2. The van der Waals surface area contributed by atoms with Gasteiger partial charge in [0.2, 0.25) is 0 Å². The molecule has 0 unspecified atom stereocenters. The zero-order valence-corrected chi connectivity index (χ0v) is 21.1. The Morgan fingerprint density at radius 3 is 1.93 bits per heavy atom. The fraction of sp³-hybridized carbons (Fsp3) is 0.308. The summed E-state index contributed by atoms with van der Waals surface area (Å²) in [6, 6.07) is 19.9. The normalized spacial score (nSPS) is 12.8. The lowest BCUT2D eigenvalue weighted by molar-refractivity contribution is 0.587. The van der Waals surface area contributed by atoms with Crippen LogP contribution in [0.5, 0.6) is 0 Å². The highest BCUT2D eigenvalue weighted by molar-refractivity contribution is 9.13. The van der Waals surface area contributed by atoms with Crippen LogP contribution in [0.15, 0.2) is 63.5 Å². The van der Waals surface area contributed by atoms with Gasteiger partial charge in [-0.15, -0.1) is 0 Å². The lowest BCUT2D eigenvalue weighted by Crippen LogP contribution is -2.12. The van der Waals surface area contributed by atoms with E-state index in [9.17, 15) is 0 Å². The molecule has 4 aromatic rings. The van der Waals surface area contributed by atoms with Crippen molar-refractivity contribution >= 4 is 53.7 Å². The first-order valence-corrected chi connectivity index (χ1v) is 11.6. The van der Waals surface area contributed by atoms with Crippen LogP contribution in [-0.2, 0) is 10.8 Å². The number of fused-ring (bicyclic) bond motifs is 3. The van der Waals surface area contributed by atoms with E-state index in [0.29, 0.717) is 0 Å². The molecule has 0 spiro atoms. The number of para-hydroxylation sites is 1. The highest BCUT2D eigenvalue weighted by Gasteiger charge is 2.25. The molecule has 0 radical (unpaired) electrons. The Morgan fingerprint density at radius 2 is 1.34 bits per heavy atom. The van der Waals surface area contributed by atoms with Crippen molar-refractivity contribution in [2.45, 2.75) is 52.4 Å². The third-order valence-electron chi connectivity index (χ3n) is 5.62. The van der Waals surface area contributed by atoms with Gasteiger partial charge in [0, 0.05) is 20.9 Å². The van der Waals surface area contributed by atoms with E-state index in [0.717, 1.165) is 8.95 Å². The molecular weight excluding hydrogens is 486 g/mol. The second kappa shape index (κ2) is 6.99. The van der Waals surface area contributed by atoms with Crippen molar-refractivity contribution in [1.82, 2.24) is 4.57 Å². The smallest absolute Gasteiger partial charge is 0.0694 e. The zero-order chi connectivity index (χ0) is 21.1. The van der Waals surface area contributed by atoms with Crippen LogP contribution in [-0.4, -0.2) is 4.57 Å². The topological polar surface area (TPSA) is 4.93 Å². The van der Waals surface area contributed by atoms with Crippen molar-refractivity contribution in [3.8, 4) is 5.69 Å². The molecule has 3 heteroatoms. The Hall–Kier alpha value is -1.58. The average molecular weight is 513 g/mol. The van der Waals surface area contributed by atoms with E-state index in [1.165, 1.54) is 38.6 Å². The van der Waals surface area contributed by atoms with Crippen LogP contribution in [0.3, 0.4) is 0 Å². The largest absolute Gasteiger partial charge is 0.308 e. The number of nitrogens with zero attached hydrogens (tertiary/aromatic N) is 1. The molecule has 0 saturated heterocycles. The lowest BCUT2D eigenvalue weighted by atomic mass is 9.85. The summed E-state index contributed by atoms with van der Waals surface area (Å²) in [5, 5.41) is 2.59. The third kappa shape index (κ3) is 3.47. The quantitative estimate of drug-likeness (QED) is 0.240. The van der Waals surface area contributed by atoms with Crippen molar-refractivity contribution < 1.29 is 0 Å². The van der Waals surface area contributed by atoms with E-state index in [2.05, 4.69) is 133 Å². The first kappa shape index (κ1) is 20.7. The van der Waals surface area contributed by atoms with Gasteiger partial charge in [-0.05, 0) is 84.1 Å². The third-order valence-corrected chi connectivity index (χ3v) is 7.75. The molecule has 0 amide bonds. The molecule has 0 bridgehead atoms. The van der Waals surface area contributed by atoms with Crippen molar-refractivity contribution in [2.75, 3.05) is 0 Å². The van der Waals surface area contributed by atoms with Crippen molar-refractivity contribution in [1.29, 1.82) is 0 Å². The molecular formula is C26H27Br2N. The second-order valence-electron chi connectivity index (χ2n) is 9.85. The molecule has 0 fully saturated rings. The average Bonchev–Trinajstić information content (AvgIpc) is 2.97. The van der Waals surface area contributed by atoms with Gasteiger partial charge in [0.1, 0.15) is 0 Å². The van der Waals surface area contributed by atoms with E-state index in [-0.39, 0.29) is 10.8 Å². The monoisotopic (exact) mass is 511 g/mol. The van der Waals surface area contributed by atoms with Crippen LogP contribution in [0.25, 0.3) is 27.5 Å². The Balaban J connectivity index is 2.23. The fourth-order valence-electron chi connectivity index (χ4n) is 3.97. The summed E-state index contributed by atoms with van der Waals surface area (Å²) in [6.45, 7) is 13.6. The standard InChI is InChI=1S/C26H27Br2N/c1-25(2,3)16-12-13-21-18(14-16)19-15-20(26(4,5)6)22(27)23(28)24(19)29(21)17-10-8-7-9-11-17/h7-15H,1-6H3. The van der Waals surface area contributed by atoms with E-state index in [1.807, 2.05) is 0 Å². The summed E-state index contributed by atoms with van der Waals surface area (Å²) in [4.78, 5) is 0. The van der Waals surface area contributed by atoms with Crippen molar-refractivity contribution in [2.24, 2.45) is 0 Å².